The Balaban J connectivity index is 1.46. The summed E-state index contributed by atoms with van der Waals surface area (Å²) in [7, 11) is -3.57. The van der Waals surface area contributed by atoms with E-state index in [2.05, 4.69) is 19.8 Å². The number of sulfonamides is 1. The molecule has 2 aliphatic rings. The maximum Gasteiger partial charge on any atom is 0.243 e. The molecule has 0 unspecified atom stereocenters. The highest BCUT2D eigenvalue weighted by atomic mass is 32.2. The lowest BCUT2D eigenvalue weighted by Gasteiger charge is -2.35. The Morgan fingerprint density at radius 3 is 2.00 bits per heavy atom. The van der Waals surface area contributed by atoms with E-state index in [1.54, 1.807) is 0 Å². The van der Waals surface area contributed by atoms with Crippen LogP contribution in [0.4, 0.5) is 11.6 Å². The van der Waals surface area contributed by atoms with E-state index < -0.39 is 10.0 Å². The molecule has 0 atom stereocenters. The van der Waals surface area contributed by atoms with E-state index in [9.17, 15) is 8.42 Å². The molecule has 0 amide bonds. The van der Waals surface area contributed by atoms with Crippen molar-refractivity contribution >= 4 is 21.7 Å². The Morgan fingerprint density at radius 2 is 1.43 bits per heavy atom. The van der Waals surface area contributed by atoms with Gasteiger partial charge in [-0.3, -0.25) is 0 Å². The first-order valence-corrected chi connectivity index (χ1v) is 11.8. The minimum absolute atomic E-state index is 0.222. The molecule has 0 N–H and O–H groups in total. The zero-order valence-electron chi connectivity index (χ0n) is 17.2. The van der Waals surface area contributed by atoms with Gasteiger partial charge in [0, 0.05) is 45.3 Å². The molecule has 0 spiro atoms. The lowest BCUT2D eigenvalue weighted by Crippen LogP contribution is -2.49. The number of piperidine rings is 1. The van der Waals surface area contributed by atoms with Crippen molar-refractivity contribution < 1.29 is 8.42 Å². The molecule has 1 aromatic carbocycles. The summed E-state index contributed by atoms with van der Waals surface area (Å²) in [5.74, 6) is 2.56. The number of anilines is 2. The minimum atomic E-state index is -3.57. The van der Waals surface area contributed by atoms with Gasteiger partial charge in [0.05, 0.1) is 16.5 Å². The number of rotatable bonds is 4. The van der Waals surface area contributed by atoms with Crippen LogP contribution in [0.3, 0.4) is 0 Å². The van der Waals surface area contributed by atoms with E-state index in [-0.39, 0.29) is 4.90 Å². The SMILES string of the molecule is Cc1nc(N2CCCCC2)cc(N2CCN(S(=O)(=O)c3ccc(C#N)cc3)CC2)n1. The van der Waals surface area contributed by atoms with Crippen molar-refractivity contribution in [1.29, 1.82) is 5.26 Å². The third kappa shape index (κ3) is 4.25. The summed E-state index contributed by atoms with van der Waals surface area (Å²) in [4.78, 5) is 13.9. The van der Waals surface area contributed by atoms with Gasteiger partial charge in [-0.1, -0.05) is 0 Å². The van der Waals surface area contributed by atoms with Crippen LogP contribution in [0, 0.1) is 18.3 Å². The number of piperazine rings is 1. The van der Waals surface area contributed by atoms with Crippen LogP contribution in [0.15, 0.2) is 35.2 Å². The van der Waals surface area contributed by atoms with E-state index in [1.807, 2.05) is 19.1 Å². The molecular weight excluding hydrogens is 400 g/mol. The molecule has 1 aromatic heterocycles. The van der Waals surface area contributed by atoms with Crippen LogP contribution >= 0.6 is 0 Å². The van der Waals surface area contributed by atoms with Gasteiger partial charge in [-0.05, 0) is 50.5 Å². The molecule has 158 valence electrons. The molecule has 2 aromatic rings. The third-order valence-corrected chi connectivity index (χ3v) is 7.59. The Hall–Kier alpha value is -2.70. The molecule has 0 radical (unpaired) electrons. The van der Waals surface area contributed by atoms with E-state index in [0.29, 0.717) is 31.7 Å². The second kappa shape index (κ2) is 8.58. The number of nitriles is 1. The fourth-order valence-electron chi connectivity index (χ4n) is 3.99. The molecule has 2 saturated heterocycles. The highest BCUT2D eigenvalue weighted by Gasteiger charge is 2.29. The van der Waals surface area contributed by atoms with Gasteiger partial charge in [0.2, 0.25) is 10.0 Å². The van der Waals surface area contributed by atoms with Gasteiger partial charge in [0.1, 0.15) is 17.5 Å². The van der Waals surface area contributed by atoms with Crippen molar-refractivity contribution in [3.8, 4) is 6.07 Å². The van der Waals surface area contributed by atoms with Crippen LogP contribution in [0.25, 0.3) is 0 Å². The van der Waals surface area contributed by atoms with E-state index >= 15 is 0 Å². The molecule has 2 fully saturated rings. The molecule has 4 rings (SSSR count). The second-order valence-electron chi connectivity index (χ2n) is 7.71. The van der Waals surface area contributed by atoms with E-state index in [1.165, 1.54) is 47.8 Å². The van der Waals surface area contributed by atoms with Gasteiger partial charge in [-0.15, -0.1) is 0 Å². The average molecular weight is 427 g/mol. The molecule has 9 heteroatoms. The third-order valence-electron chi connectivity index (χ3n) is 5.67. The largest absolute Gasteiger partial charge is 0.356 e. The standard InChI is InChI=1S/C21H26N6O2S/c1-17-23-20(25-9-3-2-4-10-25)15-21(24-17)26-11-13-27(14-12-26)30(28,29)19-7-5-18(16-22)6-8-19/h5-8,15H,2-4,9-14H2,1H3. The summed E-state index contributed by atoms with van der Waals surface area (Å²) >= 11 is 0. The average Bonchev–Trinajstić information content (AvgIpc) is 2.79. The van der Waals surface area contributed by atoms with Crippen molar-refractivity contribution in [3.05, 3.63) is 41.7 Å². The smallest absolute Gasteiger partial charge is 0.243 e. The fraction of sp³-hybridized carbons (Fsp3) is 0.476. The maximum atomic E-state index is 12.9. The Kier molecular flexibility index (Phi) is 5.88. The number of aromatic nitrogens is 2. The zero-order chi connectivity index (χ0) is 21.1. The maximum absolute atomic E-state index is 12.9. The van der Waals surface area contributed by atoms with Crippen molar-refractivity contribution in [3.63, 3.8) is 0 Å². The number of hydrogen-bond donors (Lipinski definition) is 0. The molecule has 0 aliphatic carbocycles. The molecule has 8 nitrogen and oxygen atoms in total. The van der Waals surface area contributed by atoms with Crippen LogP contribution in [-0.2, 0) is 10.0 Å². The summed E-state index contributed by atoms with van der Waals surface area (Å²) < 4.78 is 27.4. The lowest BCUT2D eigenvalue weighted by atomic mass is 10.1. The summed E-state index contributed by atoms with van der Waals surface area (Å²) in [5, 5.41) is 8.91. The van der Waals surface area contributed by atoms with Crippen molar-refractivity contribution in [2.45, 2.75) is 31.1 Å². The van der Waals surface area contributed by atoms with Crippen LogP contribution < -0.4 is 9.80 Å². The van der Waals surface area contributed by atoms with Crippen LogP contribution in [-0.4, -0.2) is 62.0 Å². The highest BCUT2D eigenvalue weighted by molar-refractivity contribution is 7.89. The second-order valence-corrected chi connectivity index (χ2v) is 9.64. The number of nitrogens with zero attached hydrogens (tertiary/aromatic N) is 6. The van der Waals surface area contributed by atoms with Crippen molar-refractivity contribution in [1.82, 2.24) is 14.3 Å². The summed E-state index contributed by atoms with van der Waals surface area (Å²) in [5.41, 5.74) is 0.447. The van der Waals surface area contributed by atoms with E-state index in [0.717, 1.165) is 30.5 Å². The lowest BCUT2D eigenvalue weighted by molar-refractivity contribution is 0.383. The molecule has 0 bridgehead atoms. The Labute approximate surface area is 177 Å². The van der Waals surface area contributed by atoms with Crippen LogP contribution in [0.2, 0.25) is 0 Å². The summed E-state index contributed by atoms with van der Waals surface area (Å²) in [6, 6.07) is 10.1. The molecule has 30 heavy (non-hydrogen) atoms. The predicted molar refractivity (Wildman–Crippen MR) is 115 cm³/mol. The Morgan fingerprint density at radius 1 is 0.867 bits per heavy atom. The fourth-order valence-corrected chi connectivity index (χ4v) is 5.41. The quantitative estimate of drug-likeness (QED) is 0.739. The van der Waals surface area contributed by atoms with Gasteiger partial charge in [-0.25, -0.2) is 18.4 Å². The Bertz CT molecular complexity index is 1030. The van der Waals surface area contributed by atoms with E-state index in [4.69, 9.17) is 5.26 Å². The minimum Gasteiger partial charge on any atom is -0.356 e. The molecular formula is C21H26N6O2S. The van der Waals surface area contributed by atoms with Crippen LogP contribution in [0.5, 0.6) is 0 Å². The first-order valence-electron chi connectivity index (χ1n) is 10.3. The van der Waals surface area contributed by atoms with Gasteiger partial charge in [-0.2, -0.15) is 9.57 Å². The first kappa shape index (κ1) is 20.6. The summed E-state index contributed by atoms with van der Waals surface area (Å²) in [6.07, 6.45) is 3.64. The normalized spacial score (nSPS) is 18.3. The molecule has 2 aliphatic heterocycles. The van der Waals surface area contributed by atoms with Crippen molar-refractivity contribution in [2.75, 3.05) is 49.1 Å². The van der Waals surface area contributed by atoms with Crippen molar-refractivity contribution in [2.24, 2.45) is 0 Å². The molecule has 0 saturated carbocycles. The monoisotopic (exact) mass is 426 g/mol. The van der Waals surface area contributed by atoms with Crippen LogP contribution in [0.1, 0.15) is 30.7 Å². The highest BCUT2D eigenvalue weighted by Crippen LogP contribution is 2.25. The predicted octanol–water partition coefficient (Wildman–Crippen LogP) is 2.16. The summed E-state index contributed by atoms with van der Waals surface area (Å²) in [6.45, 7) is 5.88. The van der Waals surface area contributed by atoms with Gasteiger partial charge in [0.15, 0.2) is 0 Å². The first-order chi connectivity index (χ1) is 14.5. The number of hydrogen-bond acceptors (Lipinski definition) is 7. The zero-order valence-corrected chi connectivity index (χ0v) is 18.0. The van der Waals surface area contributed by atoms with Gasteiger partial charge >= 0.3 is 0 Å². The molecule has 3 heterocycles. The number of benzene rings is 1. The topological polar surface area (TPSA) is 93.4 Å². The number of aryl methyl sites for hydroxylation is 1. The van der Waals surface area contributed by atoms with Gasteiger partial charge in [0.25, 0.3) is 0 Å². The van der Waals surface area contributed by atoms with Gasteiger partial charge < -0.3 is 9.80 Å².